The monoisotopic (exact) mass is 511 g/mol. The minimum absolute atomic E-state index is 0.386. The lowest BCUT2D eigenvalue weighted by Crippen LogP contribution is -2.18. The van der Waals surface area contributed by atoms with Crippen molar-refractivity contribution in [3.63, 3.8) is 0 Å². The van der Waals surface area contributed by atoms with Crippen molar-refractivity contribution in [1.29, 1.82) is 0 Å². The molecule has 0 spiro atoms. The molecule has 0 N–H and O–H groups in total. The topological polar surface area (TPSA) is 63.6 Å². The number of allylic oxidation sites excluding steroid dienone is 1. The van der Waals surface area contributed by atoms with E-state index in [0.29, 0.717) is 24.6 Å². The Morgan fingerprint density at radius 3 is 1.74 bits per heavy atom. The number of nitrogens with zero attached hydrogens (tertiary/aromatic N) is 3. The molecule has 0 aliphatic carbocycles. The van der Waals surface area contributed by atoms with Crippen molar-refractivity contribution < 1.29 is 18.1 Å². The Hall–Kier alpha value is -2.66. The molecule has 1 atom stereocenters. The molecule has 0 amide bonds. The molecule has 4 rings (SSSR count). The average molecular weight is 511 g/mol. The van der Waals surface area contributed by atoms with Crippen molar-refractivity contribution in [3.8, 4) is 11.5 Å². The van der Waals surface area contributed by atoms with Gasteiger partial charge < -0.3 is 13.6 Å². The van der Waals surface area contributed by atoms with Gasteiger partial charge in [0.25, 0.3) is 0 Å². The molecule has 0 bridgehead atoms. The molecule has 35 heavy (non-hydrogen) atoms. The van der Waals surface area contributed by atoms with Crippen LogP contribution in [0.25, 0.3) is 0 Å². The first-order valence-corrected chi connectivity index (χ1v) is 14.5. The highest BCUT2D eigenvalue weighted by Crippen LogP contribution is 2.69. The molecule has 1 saturated heterocycles. The van der Waals surface area contributed by atoms with Crippen LogP contribution in [0, 0.1) is 0 Å². The molecule has 0 saturated carbocycles. The smallest absolute Gasteiger partial charge is 0.399 e. The maximum absolute atomic E-state index is 14.3. The first-order chi connectivity index (χ1) is 16.9. The van der Waals surface area contributed by atoms with Crippen LogP contribution in [0.1, 0.15) is 18.6 Å². The predicted octanol–water partition coefficient (Wildman–Crippen LogP) is 7.41. The zero-order valence-electron chi connectivity index (χ0n) is 20.2. The number of benzene rings is 3. The van der Waals surface area contributed by atoms with Gasteiger partial charge in [0.15, 0.2) is 0 Å². The fraction of sp³-hybridized carbons (Fsp3) is 0.231. The van der Waals surface area contributed by atoms with Crippen molar-refractivity contribution >= 4 is 15.3 Å². The molecule has 1 aliphatic heterocycles. The number of hydrogen-bond acceptors (Lipinski definition) is 4. The van der Waals surface area contributed by atoms with E-state index in [2.05, 4.69) is 0 Å². The van der Waals surface area contributed by atoms with Crippen LogP contribution in [0.2, 0.25) is 0 Å². The van der Waals surface area contributed by atoms with E-state index >= 15 is 0 Å². The van der Waals surface area contributed by atoms with Crippen molar-refractivity contribution in [1.82, 2.24) is 9.34 Å². The zero-order chi connectivity index (χ0) is 24.7. The van der Waals surface area contributed by atoms with Gasteiger partial charge in [-0.3, -0.25) is 0 Å². The van der Waals surface area contributed by atoms with E-state index in [9.17, 15) is 4.57 Å². The highest BCUT2D eigenvalue weighted by atomic mass is 31.2. The van der Waals surface area contributed by atoms with Gasteiger partial charge in [0.1, 0.15) is 17.6 Å². The third-order valence-electron chi connectivity index (χ3n) is 5.54. The second-order valence-electron chi connectivity index (χ2n) is 8.10. The SMILES string of the molecule is C/C=C/C(OP1(=NP(=O)(Oc2ccccc2)Oc2ccccc2)N(C)CCN1C)c1ccccc1. The van der Waals surface area contributed by atoms with Crippen LogP contribution < -0.4 is 9.05 Å². The van der Waals surface area contributed by atoms with Crippen molar-refractivity contribution in [3.05, 3.63) is 109 Å². The van der Waals surface area contributed by atoms with Crippen LogP contribution in [0.4, 0.5) is 0 Å². The average Bonchev–Trinajstić information content (AvgIpc) is 3.13. The molecular formula is C26H31N3O4P2. The summed E-state index contributed by atoms with van der Waals surface area (Å²) in [5.74, 6) is 0.817. The summed E-state index contributed by atoms with van der Waals surface area (Å²) in [5.41, 5.74) is 0.983. The molecule has 1 aliphatic rings. The first kappa shape index (κ1) is 25.4. The molecule has 3 aromatic rings. The lowest BCUT2D eigenvalue weighted by molar-refractivity contribution is 0.245. The lowest BCUT2D eigenvalue weighted by Gasteiger charge is -2.34. The van der Waals surface area contributed by atoms with Gasteiger partial charge in [-0.1, -0.05) is 78.9 Å². The van der Waals surface area contributed by atoms with E-state index in [1.807, 2.05) is 109 Å². The normalized spacial score (nSPS) is 17.3. The van der Waals surface area contributed by atoms with Gasteiger partial charge >= 0.3 is 7.75 Å². The second-order valence-corrected chi connectivity index (χ2v) is 12.7. The number of hydrogen-bond donors (Lipinski definition) is 0. The van der Waals surface area contributed by atoms with E-state index < -0.39 is 15.3 Å². The highest BCUT2D eigenvalue weighted by molar-refractivity contribution is 7.67. The van der Waals surface area contributed by atoms with Gasteiger partial charge in [0, 0.05) is 13.1 Å². The molecule has 1 fully saturated rings. The van der Waals surface area contributed by atoms with E-state index in [-0.39, 0.29) is 6.10 Å². The summed E-state index contributed by atoms with van der Waals surface area (Å²) in [6.07, 6.45) is 3.54. The number of para-hydroxylation sites is 2. The lowest BCUT2D eigenvalue weighted by atomic mass is 10.1. The third-order valence-corrected chi connectivity index (χ3v) is 10.9. The summed E-state index contributed by atoms with van der Waals surface area (Å²) in [6, 6.07) is 27.9. The van der Waals surface area contributed by atoms with Crippen LogP contribution in [0.3, 0.4) is 0 Å². The summed E-state index contributed by atoms with van der Waals surface area (Å²) in [7, 11) is -3.15. The molecule has 0 radical (unpaired) electrons. The van der Waals surface area contributed by atoms with Crippen molar-refractivity contribution in [2.45, 2.75) is 13.0 Å². The van der Waals surface area contributed by atoms with Crippen LogP contribution in [0.15, 0.2) is 108 Å². The number of likely N-dealkylation sites (N-methyl/N-ethyl adjacent to an activating group) is 2. The minimum atomic E-state index is -4.08. The second kappa shape index (κ2) is 11.4. The third kappa shape index (κ3) is 6.13. The van der Waals surface area contributed by atoms with Crippen LogP contribution in [-0.4, -0.2) is 36.5 Å². The Morgan fingerprint density at radius 2 is 1.29 bits per heavy atom. The number of rotatable bonds is 9. The van der Waals surface area contributed by atoms with Crippen LogP contribution in [-0.2, 0) is 9.09 Å². The molecule has 3 aromatic carbocycles. The van der Waals surface area contributed by atoms with Crippen molar-refractivity contribution in [2.24, 2.45) is 4.52 Å². The highest BCUT2D eigenvalue weighted by Gasteiger charge is 2.44. The van der Waals surface area contributed by atoms with Gasteiger partial charge in [-0.25, -0.2) is 13.9 Å². The maximum atomic E-state index is 14.3. The fourth-order valence-electron chi connectivity index (χ4n) is 3.73. The van der Waals surface area contributed by atoms with Gasteiger partial charge in [0.05, 0.1) is 0 Å². The standard InChI is InChI=1S/C26H31N3O4P2/c1-4-14-26(23-15-8-5-9-16-23)33-34(28(2)21-22-29(34)3)27-35(30,31-24-17-10-6-11-18-24)32-25-19-12-7-13-20-25/h4-20,26H,21-22H2,1-3H3/b14-4+. The maximum Gasteiger partial charge on any atom is 0.566 e. The van der Waals surface area contributed by atoms with Crippen LogP contribution in [0.5, 0.6) is 11.5 Å². The predicted molar refractivity (Wildman–Crippen MR) is 141 cm³/mol. The largest absolute Gasteiger partial charge is 0.566 e. The summed E-state index contributed by atoms with van der Waals surface area (Å²) in [4.78, 5) is 0. The van der Waals surface area contributed by atoms with Gasteiger partial charge in [-0.05, 0) is 50.8 Å². The minimum Gasteiger partial charge on any atom is -0.399 e. The zero-order valence-corrected chi connectivity index (χ0v) is 22.0. The van der Waals surface area contributed by atoms with E-state index in [1.165, 1.54) is 0 Å². The summed E-state index contributed by atoms with van der Waals surface area (Å²) < 4.78 is 42.0. The quantitative estimate of drug-likeness (QED) is 0.220. The van der Waals surface area contributed by atoms with Gasteiger partial charge in [-0.2, -0.15) is 0 Å². The van der Waals surface area contributed by atoms with Gasteiger partial charge in [-0.15, -0.1) is 4.52 Å². The Balaban J connectivity index is 1.82. The summed E-state index contributed by atoms with van der Waals surface area (Å²) in [6.45, 7) is 3.37. The molecule has 1 unspecified atom stereocenters. The van der Waals surface area contributed by atoms with E-state index in [0.717, 1.165) is 5.56 Å². The molecular weight excluding hydrogens is 480 g/mol. The first-order valence-electron chi connectivity index (χ1n) is 11.5. The summed E-state index contributed by atoms with van der Waals surface area (Å²) in [5, 5.41) is 0. The van der Waals surface area contributed by atoms with Gasteiger partial charge in [0.2, 0.25) is 7.58 Å². The molecule has 0 aromatic heterocycles. The fourth-order valence-corrected chi connectivity index (χ4v) is 9.28. The summed E-state index contributed by atoms with van der Waals surface area (Å²) >= 11 is 0. The molecule has 184 valence electrons. The van der Waals surface area contributed by atoms with E-state index in [1.54, 1.807) is 24.3 Å². The molecule has 1 heterocycles. The molecule has 7 nitrogen and oxygen atoms in total. The van der Waals surface area contributed by atoms with E-state index in [4.69, 9.17) is 18.1 Å². The van der Waals surface area contributed by atoms with Crippen LogP contribution >= 0.6 is 15.3 Å². The Morgan fingerprint density at radius 1 is 0.829 bits per heavy atom. The Bertz CT molecular complexity index is 1160. The van der Waals surface area contributed by atoms with Crippen molar-refractivity contribution in [2.75, 3.05) is 27.2 Å². The Labute approximate surface area is 207 Å². The molecule has 9 heteroatoms. The Kier molecular flexibility index (Phi) is 8.27.